The molecule has 0 aliphatic heterocycles. The Bertz CT molecular complexity index is 446. The standard InChI is InChI=1S/C16H24N2O2S/c1-3-5-6-7-12-20-14-10-8-13(9-11-14)17-16(21)18-15(19)4-2/h8-11H,3-7,12H2,1-2H3,(H2,17,18,19,21). The predicted octanol–water partition coefficient (Wildman–Crippen LogP) is 3.87. The molecule has 21 heavy (non-hydrogen) atoms. The van der Waals surface area contributed by atoms with Gasteiger partial charge in [0, 0.05) is 12.1 Å². The molecule has 5 heteroatoms. The van der Waals surface area contributed by atoms with E-state index in [1.807, 2.05) is 24.3 Å². The average molecular weight is 308 g/mol. The number of benzene rings is 1. The molecule has 0 saturated carbocycles. The molecule has 0 unspecified atom stereocenters. The van der Waals surface area contributed by atoms with E-state index in [1.165, 1.54) is 19.3 Å². The third kappa shape index (κ3) is 7.66. The number of hydrogen-bond donors (Lipinski definition) is 2. The lowest BCUT2D eigenvalue weighted by Gasteiger charge is -2.10. The van der Waals surface area contributed by atoms with E-state index >= 15 is 0 Å². The van der Waals surface area contributed by atoms with E-state index in [0.717, 1.165) is 24.5 Å². The molecular formula is C16H24N2O2S. The number of rotatable bonds is 8. The quantitative estimate of drug-likeness (QED) is 0.565. The van der Waals surface area contributed by atoms with Gasteiger partial charge in [-0.3, -0.25) is 4.79 Å². The molecule has 4 nitrogen and oxygen atoms in total. The number of hydrogen-bond acceptors (Lipinski definition) is 3. The lowest BCUT2D eigenvalue weighted by molar-refractivity contribution is -0.119. The average Bonchev–Trinajstić information content (AvgIpc) is 2.48. The number of carbonyl (C=O) groups is 1. The number of unbranched alkanes of at least 4 members (excludes halogenated alkanes) is 3. The van der Waals surface area contributed by atoms with Crippen molar-refractivity contribution < 1.29 is 9.53 Å². The molecule has 1 aromatic rings. The number of amides is 1. The molecule has 0 aromatic heterocycles. The molecule has 1 rings (SSSR count). The van der Waals surface area contributed by atoms with E-state index in [1.54, 1.807) is 6.92 Å². The van der Waals surface area contributed by atoms with Gasteiger partial charge in [-0.15, -0.1) is 0 Å². The van der Waals surface area contributed by atoms with Crippen LogP contribution in [-0.2, 0) is 4.79 Å². The summed E-state index contributed by atoms with van der Waals surface area (Å²) in [5, 5.41) is 5.87. The van der Waals surface area contributed by atoms with E-state index in [9.17, 15) is 4.79 Å². The van der Waals surface area contributed by atoms with Crippen molar-refractivity contribution in [1.82, 2.24) is 5.32 Å². The summed E-state index contributed by atoms with van der Waals surface area (Å²) in [7, 11) is 0. The molecule has 0 spiro atoms. The Labute approximate surface area is 132 Å². The second kappa shape index (κ2) is 10.2. The fourth-order valence-corrected chi connectivity index (χ4v) is 1.96. The Hall–Kier alpha value is -1.62. The van der Waals surface area contributed by atoms with Crippen LogP contribution in [-0.4, -0.2) is 17.6 Å². The molecule has 1 amide bonds. The van der Waals surface area contributed by atoms with Crippen LogP contribution in [0.25, 0.3) is 0 Å². The molecule has 0 atom stereocenters. The minimum absolute atomic E-state index is 0.0977. The molecule has 0 bridgehead atoms. The van der Waals surface area contributed by atoms with E-state index in [2.05, 4.69) is 17.6 Å². The molecule has 0 saturated heterocycles. The van der Waals surface area contributed by atoms with E-state index < -0.39 is 0 Å². The van der Waals surface area contributed by atoms with E-state index in [0.29, 0.717) is 11.5 Å². The number of carbonyl (C=O) groups excluding carboxylic acids is 1. The summed E-state index contributed by atoms with van der Waals surface area (Å²) >= 11 is 5.05. The van der Waals surface area contributed by atoms with Crippen molar-refractivity contribution in [3.05, 3.63) is 24.3 Å². The van der Waals surface area contributed by atoms with Crippen LogP contribution in [0.15, 0.2) is 24.3 Å². The lowest BCUT2D eigenvalue weighted by atomic mass is 10.2. The summed E-state index contributed by atoms with van der Waals surface area (Å²) in [5.41, 5.74) is 0.828. The first kappa shape index (κ1) is 17.4. The molecule has 0 aliphatic carbocycles. The van der Waals surface area contributed by atoms with Gasteiger partial charge in [0.05, 0.1) is 6.61 Å². The van der Waals surface area contributed by atoms with Gasteiger partial charge >= 0.3 is 0 Å². The minimum Gasteiger partial charge on any atom is -0.494 e. The highest BCUT2D eigenvalue weighted by atomic mass is 32.1. The fourth-order valence-electron chi connectivity index (χ4n) is 1.73. The Balaban J connectivity index is 2.33. The van der Waals surface area contributed by atoms with Gasteiger partial charge in [-0.25, -0.2) is 0 Å². The van der Waals surface area contributed by atoms with Gasteiger partial charge in [0.2, 0.25) is 5.91 Å². The van der Waals surface area contributed by atoms with Crippen molar-refractivity contribution >= 4 is 28.9 Å². The van der Waals surface area contributed by atoms with Crippen LogP contribution >= 0.6 is 12.2 Å². The van der Waals surface area contributed by atoms with Crippen LogP contribution in [0, 0.1) is 0 Å². The van der Waals surface area contributed by atoms with Crippen LogP contribution < -0.4 is 15.4 Å². The maximum absolute atomic E-state index is 11.2. The summed E-state index contributed by atoms with van der Waals surface area (Å²) in [4.78, 5) is 11.2. The fraction of sp³-hybridized carbons (Fsp3) is 0.500. The van der Waals surface area contributed by atoms with Gasteiger partial charge in [0.25, 0.3) is 0 Å². The predicted molar refractivity (Wildman–Crippen MR) is 90.7 cm³/mol. The van der Waals surface area contributed by atoms with Crippen LogP contribution in [0.5, 0.6) is 5.75 Å². The molecule has 0 radical (unpaired) electrons. The largest absolute Gasteiger partial charge is 0.494 e. The zero-order valence-corrected chi connectivity index (χ0v) is 13.6. The lowest BCUT2D eigenvalue weighted by Crippen LogP contribution is -2.33. The van der Waals surface area contributed by atoms with Crippen LogP contribution in [0.4, 0.5) is 5.69 Å². The van der Waals surface area contributed by atoms with Gasteiger partial charge in [0.15, 0.2) is 5.11 Å². The Morgan fingerprint density at radius 1 is 1.14 bits per heavy atom. The molecule has 1 aromatic carbocycles. The first-order valence-corrected chi connectivity index (χ1v) is 7.90. The van der Waals surface area contributed by atoms with Gasteiger partial charge in [-0.2, -0.15) is 0 Å². The minimum atomic E-state index is -0.0977. The SMILES string of the molecule is CCCCCCOc1ccc(NC(=S)NC(=O)CC)cc1. The van der Waals surface area contributed by atoms with Crippen molar-refractivity contribution in [3.63, 3.8) is 0 Å². The smallest absolute Gasteiger partial charge is 0.225 e. The highest BCUT2D eigenvalue weighted by Gasteiger charge is 2.02. The topological polar surface area (TPSA) is 50.4 Å². The normalized spacial score (nSPS) is 10.0. The molecule has 116 valence electrons. The Morgan fingerprint density at radius 2 is 1.86 bits per heavy atom. The highest BCUT2D eigenvalue weighted by Crippen LogP contribution is 2.16. The van der Waals surface area contributed by atoms with Gasteiger partial charge in [-0.1, -0.05) is 33.1 Å². The van der Waals surface area contributed by atoms with Crippen molar-refractivity contribution in [1.29, 1.82) is 0 Å². The Morgan fingerprint density at radius 3 is 2.48 bits per heavy atom. The molecule has 2 N–H and O–H groups in total. The van der Waals surface area contributed by atoms with Crippen LogP contribution in [0.3, 0.4) is 0 Å². The number of anilines is 1. The van der Waals surface area contributed by atoms with E-state index in [-0.39, 0.29) is 5.91 Å². The van der Waals surface area contributed by atoms with Crippen LogP contribution in [0.1, 0.15) is 46.0 Å². The summed E-state index contributed by atoms with van der Waals surface area (Å²) < 4.78 is 5.66. The molecule has 0 fully saturated rings. The highest BCUT2D eigenvalue weighted by molar-refractivity contribution is 7.80. The summed E-state index contributed by atoms with van der Waals surface area (Å²) in [5.74, 6) is 0.750. The second-order valence-electron chi connectivity index (χ2n) is 4.79. The zero-order chi connectivity index (χ0) is 15.5. The number of ether oxygens (including phenoxy) is 1. The first-order chi connectivity index (χ1) is 10.2. The van der Waals surface area contributed by atoms with Crippen LogP contribution in [0.2, 0.25) is 0 Å². The summed E-state index contributed by atoms with van der Waals surface area (Å²) in [6.07, 6.45) is 5.19. The summed E-state index contributed by atoms with van der Waals surface area (Å²) in [6.45, 7) is 4.72. The third-order valence-corrected chi connectivity index (χ3v) is 3.16. The van der Waals surface area contributed by atoms with Gasteiger partial charge < -0.3 is 15.4 Å². The maximum atomic E-state index is 11.2. The van der Waals surface area contributed by atoms with Gasteiger partial charge in [0.1, 0.15) is 5.75 Å². The molecule has 0 aliphatic rings. The van der Waals surface area contributed by atoms with Crippen molar-refractivity contribution in [3.8, 4) is 5.75 Å². The third-order valence-electron chi connectivity index (χ3n) is 2.95. The van der Waals surface area contributed by atoms with Crippen molar-refractivity contribution in [2.75, 3.05) is 11.9 Å². The number of nitrogens with one attached hydrogen (secondary N) is 2. The maximum Gasteiger partial charge on any atom is 0.225 e. The first-order valence-electron chi connectivity index (χ1n) is 7.49. The Kier molecular flexibility index (Phi) is 8.43. The van der Waals surface area contributed by atoms with E-state index in [4.69, 9.17) is 17.0 Å². The van der Waals surface area contributed by atoms with Crippen molar-refractivity contribution in [2.45, 2.75) is 46.0 Å². The number of thiocarbonyl (C=S) groups is 1. The van der Waals surface area contributed by atoms with Crippen molar-refractivity contribution in [2.24, 2.45) is 0 Å². The summed E-state index contributed by atoms with van der Waals surface area (Å²) in [6, 6.07) is 7.55. The monoisotopic (exact) mass is 308 g/mol. The second-order valence-corrected chi connectivity index (χ2v) is 5.20. The molecular weight excluding hydrogens is 284 g/mol. The zero-order valence-electron chi connectivity index (χ0n) is 12.8. The molecule has 0 heterocycles. The van der Waals surface area contributed by atoms with Gasteiger partial charge in [-0.05, 0) is 42.9 Å².